The van der Waals surface area contributed by atoms with Gasteiger partial charge in [0.2, 0.25) is 0 Å². The summed E-state index contributed by atoms with van der Waals surface area (Å²) in [4.78, 5) is 0. The Morgan fingerprint density at radius 3 is 2.30 bits per heavy atom. The monoisotopic (exact) mass is 460 g/mol. The summed E-state index contributed by atoms with van der Waals surface area (Å²) in [7, 11) is 0. The van der Waals surface area contributed by atoms with Crippen LogP contribution in [0.1, 0.15) is 100 Å². The SMILES string of the molecule is CCCCCCCCOc1ccc(C2CCC(CCc3ccc(C)c(F)c3F)CC2)c(F)c1. The minimum atomic E-state index is -0.730. The molecule has 0 unspecified atom stereocenters. The average molecular weight is 461 g/mol. The lowest BCUT2D eigenvalue weighted by atomic mass is 9.76. The molecule has 0 heterocycles. The Bertz CT molecular complexity index is 871. The molecule has 182 valence electrons. The Kier molecular flexibility index (Phi) is 10.1. The molecule has 1 nitrogen and oxygen atoms in total. The zero-order valence-corrected chi connectivity index (χ0v) is 20.3. The maximum atomic E-state index is 14.8. The summed E-state index contributed by atoms with van der Waals surface area (Å²) in [5, 5.41) is 0. The number of rotatable bonds is 12. The van der Waals surface area contributed by atoms with Gasteiger partial charge >= 0.3 is 0 Å². The van der Waals surface area contributed by atoms with Crippen LogP contribution in [-0.4, -0.2) is 6.61 Å². The number of hydrogen-bond donors (Lipinski definition) is 0. The first kappa shape index (κ1) is 25.6. The van der Waals surface area contributed by atoms with Gasteiger partial charge in [0.25, 0.3) is 0 Å². The smallest absolute Gasteiger partial charge is 0.162 e. The second-order valence-electron chi connectivity index (χ2n) is 9.73. The summed E-state index contributed by atoms with van der Waals surface area (Å²) in [5.41, 5.74) is 1.59. The van der Waals surface area contributed by atoms with E-state index in [0.717, 1.165) is 50.5 Å². The molecule has 1 aliphatic rings. The topological polar surface area (TPSA) is 9.23 Å². The molecule has 1 saturated carbocycles. The molecule has 0 aliphatic heterocycles. The van der Waals surface area contributed by atoms with Gasteiger partial charge in [0, 0.05) is 6.07 Å². The molecule has 0 atom stereocenters. The lowest BCUT2D eigenvalue weighted by molar-refractivity contribution is 0.297. The first-order valence-corrected chi connectivity index (χ1v) is 12.8. The minimum absolute atomic E-state index is 0.170. The van der Waals surface area contributed by atoms with E-state index in [1.54, 1.807) is 19.1 Å². The molecule has 4 heteroatoms. The van der Waals surface area contributed by atoms with Crippen LogP contribution in [0.5, 0.6) is 5.75 Å². The lowest BCUT2D eigenvalue weighted by Gasteiger charge is -2.29. The highest BCUT2D eigenvalue weighted by molar-refractivity contribution is 5.31. The van der Waals surface area contributed by atoms with Crippen LogP contribution in [0, 0.1) is 30.3 Å². The quantitative estimate of drug-likeness (QED) is 0.287. The summed E-state index contributed by atoms with van der Waals surface area (Å²) in [5.74, 6) is -0.284. The summed E-state index contributed by atoms with van der Waals surface area (Å²) < 4.78 is 48.4. The molecule has 33 heavy (non-hydrogen) atoms. The Balaban J connectivity index is 1.41. The molecule has 0 aromatic heterocycles. The van der Waals surface area contributed by atoms with Gasteiger partial charge in [-0.05, 0) is 86.5 Å². The van der Waals surface area contributed by atoms with Crippen LogP contribution < -0.4 is 4.74 Å². The van der Waals surface area contributed by atoms with Crippen molar-refractivity contribution in [2.24, 2.45) is 5.92 Å². The Morgan fingerprint density at radius 2 is 1.58 bits per heavy atom. The van der Waals surface area contributed by atoms with E-state index >= 15 is 0 Å². The third-order valence-corrected chi connectivity index (χ3v) is 7.20. The fourth-order valence-corrected chi connectivity index (χ4v) is 5.00. The summed E-state index contributed by atoms with van der Waals surface area (Å²) in [6.07, 6.45) is 12.5. The van der Waals surface area contributed by atoms with Crippen LogP contribution in [0.25, 0.3) is 0 Å². The van der Waals surface area contributed by atoms with Crippen molar-refractivity contribution in [3.8, 4) is 5.75 Å². The van der Waals surface area contributed by atoms with Crippen LogP contribution >= 0.6 is 0 Å². The molecule has 0 N–H and O–H groups in total. The molecule has 0 bridgehead atoms. The third-order valence-electron chi connectivity index (χ3n) is 7.20. The summed E-state index contributed by atoms with van der Waals surface area (Å²) in [6.45, 7) is 4.43. The van der Waals surface area contributed by atoms with Crippen molar-refractivity contribution in [2.75, 3.05) is 6.61 Å². The molecular formula is C29H39F3O. The Hall–Kier alpha value is -1.97. The predicted octanol–water partition coefficient (Wildman–Crippen LogP) is 9.06. The number of benzene rings is 2. The minimum Gasteiger partial charge on any atom is -0.493 e. The van der Waals surface area contributed by atoms with Gasteiger partial charge in [0.15, 0.2) is 11.6 Å². The number of unbranched alkanes of at least 4 members (excludes halogenated alkanes) is 5. The standard InChI is InChI=1S/C29H39F3O/c1-3-4-5-6-7-8-19-33-25-17-18-26(27(30)20-25)23-14-10-22(11-15-23)12-16-24-13-9-21(2)28(31)29(24)32/h9,13,17-18,20,22-23H,3-8,10-12,14-16,19H2,1-2H3. The summed E-state index contributed by atoms with van der Waals surface area (Å²) >= 11 is 0. The number of halogens is 3. The highest BCUT2D eigenvalue weighted by Crippen LogP contribution is 2.39. The van der Waals surface area contributed by atoms with Gasteiger partial charge in [-0.25, -0.2) is 13.2 Å². The van der Waals surface area contributed by atoms with Gasteiger partial charge in [-0.3, -0.25) is 0 Å². The van der Waals surface area contributed by atoms with E-state index in [0.29, 0.717) is 35.8 Å². The zero-order chi connectivity index (χ0) is 23.6. The molecule has 2 aromatic carbocycles. The molecule has 0 radical (unpaired) electrons. The van der Waals surface area contributed by atoms with Crippen LogP contribution in [0.3, 0.4) is 0 Å². The van der Waals surface area contributed by atoms with Crippen molar-refractivity contribution in [3.63, 3.8) is 0 Å². The van der Waals surface area contributed by atoms with E-state index in [1.807, 2.05) is 12.1 Å². The van der Waals surface area contributed by atoms with Gasteiger partial charge < -0.3 is 4.74 Å². The molecule has 2 aromatic rings. The van der Waals surface area contributed by atoms with Crippen molar-refractivity contribution < 1.29 is 17.9 Å². The first-order valence-electron chi connectivity index (χ1n) is 12.8. The van der Waals surface area contributed by atoms with Gasteiger partial charge in [-0.1, -0.05) is 57.2 Å². The van der Waals surface area contributed by atoms with Crippen LogP contribution in [0.4, 0.5) is 13.2 Å². The molecule has 0 spiro atoms. The number of aryl methyl sites for hydroxylation is 2. The summed E-state index contributed by atoms with van der Waals surface area (Å²) in [6, 6.07) is 8.67. The van der Waals surface area contributed by atoms with E-state index in [-0.39, 0.29) is 11.7 Å². The molecule has 0 amide bonds. The Labute approximate surface area is 197 Å². The van der Waals surface area contributed by atoms with Crippen molar-refractivity contribution in [1.29, 1.82) is 0 Å². The second-order valence-corrected chi connectivity index (χ2v) is 9.73. The van der Waals surface area contributed by atoms with Gasteiger partial charge in [-0.2, -0.15) is 0 Å². The van der Waals surface area contributed by atoms with E-state index in [9.17, 15) is 13.2 Å². The molecule has 0 saturated heterocycles. The Morgan fingerprint density at radius 1 is 0.848 bits per heavy atom. The van der Waals surface area contributed by atoms with Crippen molar-refractivity contribution >= 4 is 0 Å². The maximum absolute atomic E-state index is 14.8. The number of hydrogen-bond acceptors (Lipinski definition) is 1. The van der Waals surface area contributed by atoms with Crippen molar-refractivity contribution in [2.45, 2.75) is 96.8 Å². The average Bonchev–Trinajstić information content (AvgIpc) is 2.82. The van der Waals surface area contributed by atoms with E-state index in [4.69, 9.17) is 4.74 Å². The van der Waals surface area contributed by atoms with Crippen LogP contribution in [0.15, 0.2) is 30.3 Å². The molecule has 3 rings (SSSR count). The highest BCUT2D eigenvalue weighted by Gasteiger charge is 2.25. The van der Waals surface area contributed by atoms with E-state index < -0.39 is 11.6 Å². The van der Waals surface area contributed by atoms with Gasteiger partial charge in [0.1, 0.15) is 11.6 Å². The normalized spacial score (nSPS) is 18.5. The van der Waals surface area contributed by atoms with E-state index in [2.05, 4.69) is 6.92 Å². The molecular weight excluding hydrogens is 421 g/mol. The fraction of sp³-hybridized carbons (Fsp3) is 0.586. The largest absolute Gasteiger partial charge is 0.493 e. The first-order chi connectivity index (χ1) is 16.0. The van der Waals surface area contributed by atoms with Gasteiger partial charge in [0.05, 0.1) is 6.61 Å². The van der Waals surface area contributed by atoms with Crippen LogP contribution in [0.2, 0.25) is 0 Å². The third kappa shape index (κ3) is 7.52. The van der Waals surface area contributed by atoms with Crippen LogP contribution in [-0.2, 0) is 6.42 Å². The molecule has 1 fully saturated rings. The van der Waals surface area contributed by atoms with Crippen molar-refractivity contribution in [1.82, 2.24) is 0 Å². The van der Waals surface area contributed by atoms with E-state index in [1.165, 1.54) is 31.7 Å². The van der Waals surface area contributed by atoms with Gasteiger partial charge in [-0.15, -0.1) is 0 Å². The maximum Gasteiger partial charge on any atom is 0.162 e. The fourth-order valence-electron chi connectivity index (χ4n) is 5.00. The zero-order valence-electron chi connectivity index (χ0n) is 20.3. The lowest BCUT2D eigenvalue weighted by Crippen LogP contribution is -2.15. The molecule has 1 aliphatic carbocycles. The van der Waals surface area contributed by atoms with Crippen molar-refractivity contribution in [3.05, 3.63) is 64.5 Å². The predicted molar refractivity (Wildman–Crippen MR) is 129 cm³/mol. The highest BCUT2D eigenvalue weighted by atomic mass is 19.2. The second kappa shape index (κ2) is 13.1. The number of ether oxygens (including phenoxy) is 1.